The first-order valence-electron chi connectivity index (χ1n) is 9.64. The zero-order chi connectivity index (χ0) is 21.3. The van der Waals surface area contributed by atoms with Gasteiger partial charge in [-0.25, -0.2) is 23.3 Å². The number of piperidine rings is 1. The van der Waals surface area contributed by atoms with E-state index >= 15 is 0 Å². The van der Waals surface area contributed by atoms with Gasteiger partial charge in [-0.05, 0) is 37.1 Å². The summed E-state index contributed by atoms with van der Waals surface area (Å²) >= 11 is 0. The summed E-state index contributed by atoms with van der Waals surface area (Å²) in [4.78, 5) is 41.7. The Kier molecular flexibility index (Phi) is 5.35. The summed E-state index contributed by atoms with van der Waals surface area (Å²) in [5, 5.41) is 2.27. The first-order valence-corrected chi connectivity index (χ1v) is 9.64. The van der Waals surface area contributed by atoms with Crippen LogP contribution in [0.3, 0.4) is 0 Å². The van der Waals surface area contributed by atoms with Crippen LogP contribution in [0.25, 0.3) is 0 Å². The van der Waals surface area contributed by atoms with Gasteiger partial charge in [-0.2, -0.15) is 0 Å². The summed E-state index contributed by atoms with van der Waals surface area (Å²) in [6.07, 6.45) is 0.934. The molecule has 2 aromatic carbocycles. The average Bonchev–Trinajstić information content (AvgIpc) is 3.05. The number of likely N-dealkylation sites (tertiary alicyclic amines) is 1. The maximum absolute atomic E-state index is 13.7. The number of hydrogen-bond donors (Lipinski definition) is 1. The molecule has 4 rings (SSSR count). The molecular weight excluding hydrogens is 394 g/mol. The molecule has 0 saturated carbocycles. The van der Waals surface area contributed by atoms with Crippen LogP contribution in [-0.2, 0) is 4.79 Å². The second-order valence-electron chi connectivity index (χ2n) is 7.22. The molecule has 1 N–H and O–H groups in total. The summed E-state index contributed by atoms with van der Waals surface area (Å²) in [5.74, 6) is -1.98. The van der Waals surface area contributed by atoms with Gasteiger partial charge in [0.05, 0.1) is 5.69 Å². The SMILES string of the molecule is O=C(Nc1c(F)cccc1F)N1CCC(N2CC(=O)N(c3ccccc3)C2=O)CC1. The first kappa shape index (κ1) is 19.8. The highest BCUT2D eigenvalue weighted by atomic mass is 19.1. The second-order valence-corrected chi connectivity index (χ2v) is 7.22. The number of benzene rings is 2. The van der Waals surface area contributed by atoms with E-state index in [1.807, 2.05) is 0 Å². The highest BCUT2D eigenvalue weighted by molar-refractivity contribution is 6.19. The summed E-state index contributed by atoms with van der Waals surface area (Å²) in [7, 11) is 0. The molecule has 2 aliphatic heterocycles. The molecule has 2 aromatic rings. The minimum Gasteiger partial charge on any atom is -0.324 e. The van der Waals surface area contributed by atoms with Crippen molar-refractivity contribution in [3.63, 3.8) is 0 Å². The summed E-state index contributed by atoms with van der Waals surface area (Å²) in [6.45, 7) is 0.594. The van der Waals surface area contributed by atoms with E-state index in [0.29, 0.717) is 31.6 Å². The van der Waals surface area contributed by atoms with Crippen molar-refractivity contribution in [2.75, 3.05) is 29.9 Å². The molecule has 2 saturated heterocycles. The molecule has 0 aliphatic carbocycles. The topological polar surface area (TPSA) is 73.0 Å². The van der Waals surface area contributed by atoms with E-state index in [1.165, 1.54) is 20.8 Å². The van der Waals surface area contributed by atoms with Gasteiger partial charge in [0.1, 0.15) is 23.9 Å². The molecule has 9 heteroatoms. The molecule has 0 aromatic heterocycles. The fourth-order valence-corrected chi connectivity index (χ4v) is 3.82. The third-order valence-corrected chi connectivity index (χ3v) is 5.39. The van der Waals surface area contributed by atoms with E-state index in [2.05, 4.69) is 5.32 Å². The van der Waals surface area contributed by atoms with Crippen molar-refractivity contribution < 1.29 is 23.2 Å². The smallest absolute Gasteiger partial charge is 0.324 e. The van der Waals surface area contributed by atoms with Crippen molar-refractivity contribution in [3.05, 3.63) is 60.2 Å². The quantitative estimate of drug-likeness (QED) is 0.783. The van der Waals surface area contributed by atoms with Gasteiger partial charge in [-0.1, -0.05) is 24.3 Å². The number of hydrogen-bond acceptors (Lipinski definition) is 3. The van der Waals surface area contributed by atoms with Gasteiger partial charge in [0, 0.05) is 19.1 Å². The Morgan fingerprint density at radius 2 is 1.57 bits per heavy atom. The van der Waals surface area contributed by atoms with Crippen LogP contribution < -0.4 is 10.2 Å². The van der Waals surface area contributed by atoms with Gasteiger partial charge in [0.2, 0.25) is 0 Å². The van der Waals surface area contributed by atoms with Gasteiger partial charge in [-0.15, -0.1) is 0 Å². The Morgan fingerprint density at radius 3 is 2.20 bits per heavy atom. The minimum atomic E-state index is -0.847. The molecular formula is C21H20F2N4O3. The lowest BCUT2D eigenvalue weighted by atomic mass is 10.0. The number of carbonyl (C=O) groups is 3. The number of amides is 5. The molecule has 0 radical (unpaired) electrons. The maximum atomic E-state index is 13.7. The van der Waals surface area contributed by atoms with Crippen LogP contribution in [0, 0.1) is 11.6 Å². The van der Waals surface area contributed by atoms with Gasteiger partial charge in [-0.3, -0.25) is 4.79 Å². The highest BCUT2D eigenvalue weighted by Crippen LogP contribution is 2.27. The molecule has 2 aliphatic rings. The highest BCUT2D eigenvalue weighted by Gasteiger charge is 2.41. The summed E-state index contributed by atoms with van der Waals surface area (Å²) in [6, 6.07) is 10.9. The van der Waals surface area contributed by atoms with E-state index < -0.39 is 23.4 Å². The van der Waals surface area contributed by atoms with Crippen LogP contribution in [-0.4, -0.2) is 53.4 Å². The average molecular weight is 414 g/mol. The van der Waals surface area contributed by atoms with Crippen molar-refractivity contribution in [1.82, 2.24) is 9.80 Å². The number of urea groups is 2. The van der Waals surface area contributed by atoms with Crippen LogP contribution in [0.1, 0.15) is 12.8 Å². The molecule has 2 heterocycles. The Labute approximate surface area is 171 Å². The number of rotatable bonds is 3. The van der Waals surface area contributed by atoms with E-state index in [0.717, 1.165) is 12.1 Å². The van der Waals surface area contributed by atoms with Crippen LogP contribution in [0.4, 0.5) is 29.7 Å². The van der Waals surface area contributed by atoms with Crippen LogP contribution in [0.5, 0.6) is 0 Å². The molecule has 0 spiro atoms. The summed E-state index contributed by atoms with van der Waals surface area (Å²) < 4.78 is 27.5. The molecule has 2 fully saturated rings. The minimum absolute atomic E-state index is 0.00890. The van der Waals surface area contributed by atoms with Gasteiger partial charge < -0.3 is 15.1 Å². The van der Waals surface area contributed by atoms with Crippen molar-refractivity contribution >= 4 is 29.3 Å². The molecule has 0 unspecified atom stereocenters. The molecule has 0 bridgehead atoms. The van der Waals surface area contributed by atoms with Crippen molar-refractivity contribution in [2.24, 2.45) is 0 Å². The van der Waals surface area contributed by atoms with Crippen LogP contribution >= 0.6 is 0 Å². The molecule has 5 amide bonds. The molecule has 7 nitrogen and oxygen atoms in total. The van der Waals surface area contributed by atoms with Crippen molar-refractivity contribution in [3.8, 4) is 0 Å². The lowest BCUT2D eigenvalue weighted by Gasteiger charge is -2.36. The third-order valence-electron chi connectivity index (χ3n) is 5.39. The zero-order valence-corrected chi connectivity index (χ0v) is 16.1. The third kappa shape index (κ3) is 3.70. The van der Waals surface area contributed by atoms with E-state index in [4.69, 9.17) is 0 Å². The Hall–Kier alpha value is -3.49. The maximum Gasteiger partial charge on any atom is 0.332 e. The number of imide groups is 1. The molecule has 0 atom stereocenters. The van der Waals surface area contributed by atoms with Crippen LogP contribution in [0.15, 0.2) is 48.5 Å². The van der Waals surface area contributed by atoms with Gasteiger partial charge in [0.25, 0.3) is 5.91 Å². The Bertz CT molecular complexity index is 957. The number of halogens is 2. The van der Waals surface area contributed by atoms with Gasteiger partial charge >= 0.3 is 12.1 Å². The number of carbonyl (C=O) groups excluding carboxylic acids is 3. The fraction of sp³-hybridized carbons (Fsp3) is 0.286. The first-order chi connectivity index (χ1) is 14.5. The summed E-state index contributed by atoms with van der Waals surface area (Å²) in [5.41, 5.74) is 0.0437. The second kappa shape index (κ2) is 8.10. The monoisotopic (exact) mass is 414 g/mol. The Balaban J connectivity index is 1.37. The van der Waals surface area contributed by atoms with Crippen molar-refractivity contribution in [1.29, 1.82) is 0 Å². The Morgan fingerprint density at radius 1 is 0.933 bits per heavy atom. The van der Waals surface area contributed by atoms with Crippen LogP contribution in [0.2, 0.25) is 0 Å². The van der Waals surface area contributed by atoms with E-state index in [-0.39, 0.29) is 24.5 Å². The lowest BCUT2D eigenvalue weighted by Crippen LogP contribution is -2.49. The number of para-hydroxylation sites is 2. The lowest BCUT2D eigenvalue weighted by molar-refractivity contribution is -0.116. The van der Waals surface area contributed by atoms with E-state index in [9.17, 15) is 23.2 Å². The van der Waals surface area contributed by atoms with Gasteiger partial charge in [0.15, 0.2) is 0 Å². The predicted octanol–water partition coefficient (Wildman–Crippen LogP) is 3.43. The number of anilines is 2. The van der Waals surface area contributed by atoms with Crippen molar-refractivity contribution in [2.45, 2.75) is 18.9 Å². The number of nitrogens with one attached hydrogen (secondary N) is 1. The standard InChI is InChI=1S/C21H20F2N4O3/c22-16-7-4-8-17(23)19(16)24-20(29)25-11-9-14(10-12-25)26-13-18(28)27(21(26)30)15-5-2-1-3-6-15/h1-8,14H,9-13H2,(H,24,29). The van der Waals surface area contributed by atoms with E-state index in [1.54, 1.807) is 30.3 Å². The zero-order valence-electron chi connectivity index (χ0n) is 16.1. The largest absolute Gasteiger partial charge is 0.332 e. The molecule has 30 heavy (non-hydrogen) atoms. The number of nitrogens with zero attached hydrogens (tertiary/aromatic N) is 3. The predicted molar refractivity (Wildman–Crippen MR) is 106 cm³/mol. The fourth-order valence-electron chi connectivity index (χ4n) is 3.82. The molecule has 156 valence electrons. The normalized spacial score (nSPS) is 17.6.